The minimum Gasteiger partial charge on any atom is -0.323 e. The van der Waals surface area contributed by atoms with Gasteiger partial charge in [0.25, 0.3) is 5.91 Å². The number of aryl methyl sites for hydroxylation is 1. The normalized spacial score (nSPS) is 26.0. The molecule has 2 N–H and O–H groups in total. The standard InChI is InChI=1S/C18H22FN3O3/c1-11-6-7-13(19)14(9-11)20-15(23)10-22-16(24)18(21-17(22)25)8-4-3-5-12(18)2/h6-7,9,12H,3-5,8,10H2,1-2H3,(H,20,23)(H,21,25)/t12-,18-/m0/s1. The van der Waals surface area contributed by atoms with Crippen LogP contribution >= 0.6 is 0 Å². The van der Waals surface area contributed by atoms with E-state index in [0.717, 1.165) is 29.7 Å². The smallest absolute Gasteiger partial charge is 0.323 e. The summed E-state index contributed by atoms with van der Waals surface area (Å²) in [5.74, 6) is -1.49. The Morgan fingerprint density at radius 1 is 1.40 bits per heavy atom. The van der Waals surface area contributed by atoms with Gasteiger partial charge in [-0.2, -0.15) is 0 Å². The first-order valence-electron chi connectivity index (χ1n) is 8.53. The zero-order chi connectivity index (χ0) is 18.2. The summed E-state index contributed by atoms with van der Waals surface area (Å²) >= 11 is 0. The number of nitrogens with zero attached hydrogens (tertiary/aromatic N) is 1. The van der Waals surface area contributed by atoms with Crippen molar-refractivity contribution in [3.05, 3.63) is 29.6 Å². The maximum absolute atomic E-state index is 13.8. The van der Waals surface area contributed by atoms with Gasteiger partial charge in [-0.05, 0) is 43.4 Å². The van der Waals surface area contributed by atoms with Crippen LogP contribution in [0.3, 0.4) is 0 Å². The van der Waals surface area contributed by atoms with Crippen molar-refractivity contribution in [2.45, 2.75) is 45.1 Å². The molecule has 1 saturated carbocycles. The van der Waals surface area contributed by atoms with Crippen LogP contribution in [0.2, 0.25) is 0 Å². The fourth-order valence-corrected chi connectivity index (χ4v) is 3.71. The Labute approximate surface area is 145 Å². The summed E-state index contributed by atoms with van der Waals surface area (Å²) in [6.07, 6.45) is 3.34. The van der Waals surface area contributed by atoms with E-state index in [1.165, 1.54) is 12.1 Å². The van der Waals surface area contributed by atoms with Crippen LogP contribution in [-0.2, 0) is 9.59 Å². The van der Waals surface area contributed by atoms with Gasteiger partial charge in [0.15, 0.2) is 0 Å². The van der Waals surface area contributed by atoms with Crippen molar-refractivity contribution in [2.75, 3.05) is 11.9 Å². The van der Waals surface area contributed by atoms with Crippen molar-refractivity contribution in [3.8, 4) is 0 Å². The van der Waals surface area contributed by atoms with Gasteiger partial charge in [0.2, 0.25) is 5.91 Å². The summed E-state index contributed by atoms with van der Waals surface area (Å²) in [4.78, 5) is 38.2. The molecule has 1 aliphatic carbocycles. The zero-order valence-electron chi connectivity index (χ0n) is 14.4. The Bertz CT molecular complexity index is 736. The highest BCUT2D eigenvalue weighted by atomic mass is 19.1. The van der Waals surface area contributed by atoms with E-state index in [4.69, 9.17) is 0 Å². The van der Waals surface area contributed by atoms with Crippen molar-refractivity contribution in [1.29, 1.82) is 0 Å². The number of hydrogen-bond acceptors (Lipinski definition) is 3. The molecule has 1 spiro atoms. The SMILES string of the molecule is Cc1ccc(F)c(NC(=O)CN2C(=O)N[C@]3(CCCC[C@@H]3C)C2=O)c1. The highest BCUT2D eigenvalue weighted by Gasteiger charge is 2.55. The van der Waals surface area contributed by atoms with E-state index in [1.54, 1.807) is 13.0 Å². The fraction of sp³-hybridized carbons (Fsp3) is 0.500. The Morgan fingerprint density at radius 3 is 2.88 bits per heavy atom. The summed E-state index contributed by atoms with van der Waals surface area (Å²) in [5, 5.41) is 5.23. The van der Waals surface area contributed by atoms with Crippen LogP contribution in [0.15, 0.2) is 18.2 Å². The van der Waals surface area contributed by atoms with Gasteiger partial charge in [-0.3, -0.25) is 14.5 Å². The third kappa shape index (κ3) is 3.10. The molecule has 1 aliphatic heterocycles. The molecule has 2 atom stereocenters. The minimum absolute atomic E-state index is 0.0278. The lowest BCUT2D eigenvalue weighted by molar-refractivity contribution is -0.136. The first-order valence-corrected chi connectivity index (χ1v) is 8.53. The summed E-state index contributed by atoms with van der Waals surface area (Å²) in [6, 6.07) is 3.80. The molecule has 1 saturated heterocycles. The second kappa shape index (κ2) is 6.46. The summed E-state index contributed by atoms with van der Waals surface area (Å²) in [6.45, 7) is 3.30. The van der Waals surface area contributed by atoms with Crippen molar-refractivity contribution < 1.29 is 18.8 Å². The molecule has 0 bridgehead atoms. The van der Waals surface area contributed by atoms with Gasteiger partial charge in [-0.25, -0.2) is 9.18 Å². The maximum Gasteiger partial charge on any atom is 0.325 e. The third-order valence-corrected chi connectivity index (χ3v) is 5.20. The molecule has 134 valence electrons. The number of carbonyl (C=O) groups excluding carboxylic acids is 3. The van der Waals surface area contributed by atoms with Gasteiger partial charge < -0.3 is 10.6 Å². The molecule has 1 aromatic rings. The van der Waals surface area contributed by atoms with Crippen LogP contribution in [0, 0.1) is 18.7 Å². The largest absolute Gasteiger partial charge is 0.325 e. The summed E-state index contributed by atoms with van der Waals surface area (Å²) < 4.78 is 13.8. The van der Waals surface area contributed by atoms with Gasteiger partial charge >= 0.3 is 6.03 Å². The Morgan fingerprint density at radius 2 is 2.16 bits per heavy atom. The number of hydrogen-bond donors (Lipinski definition) is 2. The van der Waals surface area contributed by atoms with E-state index in [9.17, 15) is 18.8 Å². The number of halogens is 1. The third-order valence-electron chi connectivity index (χ3n) is 5.20. The van der Waals surface area contributed by atoms with Crippen LogP contribution < -0.4 is 10.6 Å². The average molecular weight is 347 g/mol. The molecule has 25 heavy (non-hydrogen) atoms. The highest BCUT2D eigenvalue weighted by molar-refractivity contribution is 6.10. The van der Waals surface area contributed by atoms with Gasteiger partial charge in [0.05, 0.1) is 5.69 Å². The molecule has 6 nitrogen and oxygen atoms in total. The number of imide groups is 1. The Hall–Kier alpha value is -2.44. The highest BCUT2D eigenvalue weighted by Crippen LogP contribution is 2.38. The fourth-order valence-electron chi connectivity index (χ4n) is 3.71. The van der Waals surface area contributed by atoms with E-state index >= 15 is 0 Å². The van der Waals surface area contributed by atoms with Crippen molar-refractivity contribution in [1.82, 2.24) is 10.2 Å². The number of benzene rings is 1. The topological polar surface area (TPSA) is 78.5 Å². The summed E-state index contributed by atoms with van der Waals surface area (Å²) in [7, 11) is 0. The predicted octanol–water partition coefficient (Wildman–Crippen LogP) is 2.57. The van der Waals surface area contributed by atoms with Crippen LogP contribution in [0.5, 0.6) is 0 Å². The monoisotopic (exact) mass is 347 g/mol. The second-order valence-electron chi connectivity index (χ2n) is 6.97. The molecular formula is C18H22FN3O3. The molecule has 2 fully saturated rings. The zero-order valence-corrected chi connectivity index (χ0v) is 14.4. The molecule has 1 aromatic carbocycles. The Balaban J connectivity index is 1.72. The molecule has 1 heterocycles. The van der Waals surface area contributed by atoms with Crippen LogP contribution in [0.1, 0.15) is 38.2 Å². The molecule has 2 aliphatic rings. The van der Waals surface area contributed by atoms with Crippen molar-refractivity contribution in [2.24, 2.45) is 5.92 Å². The molecule has 0 aromatic heterocycles. The first-order chi connectivity index (χ1) is 11.8. The van der Waals surface area contributed by atoms with Gasteiger partial charge in [-0.15, -0.1) is 0 Å². The lowest BCUT2D eigenvalue weighted by Gasteiger charge is -2.36. The molecule has 3 rings (SSSR count). The quantitative estimate of drug-likeness (QED) is 0.825. The van der Waals surface area contributed by atoms with Crippen LogP contribution in [0.4, 0.5) is 14.9 Å². The average Bonchev–Trinajstić information content (AvgIpc) is 2.79. The number of amides is 4. The van der Waals surface area contributed by atoms with E-state index in [1.807, 2.05) is 6.92 Å². The molecule has 4 amide bonds. The first kappa shape index (κ1) is 17.4. The number of carbonyl (C=O) groups is 3. The second-order valence-corrected chi connectivity index (χ2v) is 6.97. The lowest BCUT2D eigenvalue weighted by atomic mass is 9.73. The van der Waals surface area contributed by atoms with Crippen LogP contribution in [0.25, 0.3) is 0 Å². The van der Waals surface area contributed by atoms with Gasteiger partial charge in [0.1, 0.15) is 17.9 Å². The molecule has 0 unspecified atom stereocenters. The maximum atomic E-state index is 13.8. The van der Waals surface area contributed by atoms with Gasteiger partial charge in [0, 0.05) is 0 Å². The summed E-state index contributed by atoms with van der Waals surface area (Å²) in [5.41, 5.74) is -0.0658. The minimum atomic E-state index is -0.899. The number of rotatable bonds is 3. The van der Waals surface area contributed by atoms with Crippen molar-refractivity contribution in [3.63, 3.8) is 0 Å². The molecule has 7 heteroatoms. The van der Waals surface area contributed by atoms with Gasteiger partial charge in [-0.1, -0.05) is 25.8 Å². The van der Waals surface area contributed by atoms with E-state index in [2.05, 4.69) is 10.6 Å². The number of nitrogens with one attached hydrogen (secondary N) is 2. The predicted molar refractivity (Wildman–Crippen MR) is 90.4 cm³/mol. The Kier molecular flexibility index (Phi) is 4.49. The lowest BCUT2D eigenvalue weighted by Crippen LogP contribution is -2.54. The number of urea groups is 1. The van der Waals surface area contributed by atoms with Crippen molar-refractivity contribution >= 4 is 23.5 Å². The van der Waals surface area contributed by atoms with E-state index in [0.29, 0.717) is 6.42 Å². The molecule has 0 radical (unpaired) electrons. The van der Waals surface area contributed by atoms with Crippen LogP contribution in [-0.4, -0.2) is 34.8 Å². The number of anilines is 1. The van der Waals surface area contributed by atoms with E-state index in [-0.39, 0.29) is 17.5 Å². The van der Waals surface area contributed by atoms with E-state index < -0.39 is 29.8 Å². The molecular weight excluding hydrogens is 325 g/mol.